The van der Waals surface area contributed by atoms with Gasteiger partial charge in [-0.3, -0.25) is 4.79 Å². The molecule has 3 aromatic carbocycles. The Labute approximate surface area is 167 Å². The maximum absolute atomic E-state index is 14.4. The molecule has 1 saturated heterocycles. The van der Waals surface area contributed by atoms with Gasteiger partial charge in [0.05, 0.1) is 0 Å². The second-order valence-corrected chi connectivity index (χ2v) is 7.69. The number of hydrogen-bond donors (Lipinski definition) is 0. The fourth-order valence-corrected chi connectivity index (χ4v) is 4.55. The van der Waals surface area contributed by atoms with Crippen LogP contribution in [0.25, 0.3) is 0 Å². The molecular weight excluding hydrogens is 342 g/mol. The van der Waals surface area contributed by atoms with Gasteiger partial charge in [0.1, 0.15) is 5.41 Å². The van der Waals surface area contributed by atoms with E-state index >= 15 is 0 Å². The molecule has 1 atom stereocenters. The predicted octanol–water partition coefficient (Wildman–Crippen LogP) is 5.42. The van der Waals surface area contributed by atoms with Crippen molar-refractivity contribution in [2.24, 2.45) is 0 Å². The number of carbonyl (C=O) groups is 1. The van der Waals surface area contributed by atoms with Gasteiger partial charge in [-0.05, 0) is 42.9 Å². The fourth-order valence-electron chi connectivity index (χ4n) is 4.55. The fraction of sp³-hybridized carbons (Fsp3) is 0.269. The number of rotatable bonds is 4. The molecule has 0 saturated carbocycles. The largest absolute Gasteiger partial charge is 0.339 e. The molecule has 0 spiro atoms. The van der Waals surface area contributed by atoms with Crippen LogP contribution in [-0.4, -0.2) is 23.4 Å². The van der Waals surface area contributed by atoms with Crippen LogP contribution in [0.15, 0.2) is 91.0 Å². The summed E-state index contributed by atoms with van der Waals surface area (Å²) < 4.78 is 0. The third-order valence-electron chi connectivity index (χ3n) is 6.01. The zero-order valence-corrected chi connectivity index (χ0v) is 16.4. The van der Waals surface area contributed by atoms with Crippen molar-refractivity contribution in [2.45, 2.75) is 37.6 Å². The van der Waals surface area contributed by atoms with Crippen LogP contribution in [0.4, 0.5) is 0 Å². The molecule has 2 nitrogen and oxygen atoms in total. The van der Waals surface area contributed by atoms with Gasteiger partial charge in [-0.2, -0.15) is 0 Å². The summed E-state index contributed by atoms with van der Waals surface area (Å²) in [6.45, 7) is 3.01. The lowest BCUT2D eigenvalue weighted by atomic mass is 9.68. The van der Waals surface area contributed by atoms with Gasteiger partial charge in [0.2, 0.25) is 5.91 Å². The van der Waals surface area contributed by atoms with E-state index in [2.05, 4.69) is 48.2 Å². The molecule has 1 fully saturated rings. The molecule has 0 N–H and O–H groups in total. The van der Waals surface area contributed by atoms with Crippen molar-refractivity contribution in [1.82, 2.24) is 4.90 Å². The van der Waals surface area contributed by atoms with Crippen molar-refractivity contribution in [3.8, 4) is 0 Å². The van der Waals surface area contributed by atoms with E-state index in [4.69, 9.17) is 0 Å². The lowest BCUT2D eigenvalue weighted by Gasteiger charge is -2.43. The highest BCUT2D eigenvalue weighted by Crippen LogP contribution is 2.42. The van der Waals surface area contributed by atoms with Crippen molar-refractivity contribution in [1.29, 1.82) is 0 Å². The highest BCUT2D eigenvalue weighted by molar-refractivity contribution is 5.96. The molecule has 0 radical (unpaired) electrons. The normalized spacial score (nSPS) is 17.3. The van der Waals surface area contributed by atoms with Gasteiger partial charge in [0, 0.05) is 12.6 Å². The molecular formula is C26H27NO. The molecule has 0 bridgehead atoms. The molecule has 4 rings (SSSR count). The Kier molecular flexibility index (Phi) is 5.29. The van der Waals surface area contributed by atoms with Crippen LogP contribution >= 0.6 is 0 Å². The number of piperidine rings is 1. The summed E-state index contributed by atoms with van der Waals surface area (Å²) in [6, 6.07) is 31.0. The summed E-state index contributed by atoms with van der Waals surface area (Å²) in [4.78, 5) is 16.5. The Morgan fingerprint density at radius 3 is 1.57 bits per heavy atom. The minimum absolute atomic E-state index is 0.184. The molecule has 0 aromatic heterocycles. The van der Waals surface area contributed by atoms with E-state index < -0.39 is 5.41 Å². The number of likely N-dealkylation sites (tertiary alicyclic amines) is 1. The standard InChI is InChI=1S/C26H27NO/c1-21-13-11-12-20-27(21)25(28)26(22-14-5-2-6-15-22,23-16-7-3-8-17-23)24-18-9-4-10-19-24/h2-10,14-19,21H,11-13,20H2,1H3/t21-/m0/s1. The molecule has 2 heteroatoms. The van der Waals surface area contributed by atoms with E-state index in [1.54, 1.807) is 0 Å². The summed E-state index contributed by atoms with van der Waals surface area (Å²) in [5.74, 6) is 0.184. The maximum atomic E-state index is 14.4. The zero-order valence-electron chi connectivity index (χ0n) is 16.4. The summed E-state index contributed by atoms with van der Waals surface area (Å²) >= 11 is 0. The number of amides is 1. The van der Waals surface area contributed by atoms with Crippen LogP contribution in [-0.2, 0) is 10.2 Å². The smallest absolute Gasteiger partial charge is 0.242 e. The Morgan fingerprint density at radius 1 is 0.750 bits per heavy atom. The Bertz CT molecular complexity index is 808. The van der Waals surface area contributed by atoms with Crippen LogP contribution < -0.4 is 0 Å². The number of benzene rings is 3. The molecule has 28 heavy (non-hydrogen) atoms. The predicted molar refractivity (Wildman–Crippen MR) is 114 cm³/mol. The van der Waals surface area contributed by atoms with Crippen molar-refractivity contribution >= 4 is 5.91 Å². The first-order chi connectivity index (χ1) is 13.7. The van der Waals surface area contributed by atoms with Gasteiger partial charge < -0.3 is 4.90 Å². The third-order valence-corrected chi connectivity index (χ3v) is 6.01. The first kappa shape index (κ1) is 18.5. The first-order valence-corrected chi connectivity index (χ1v) is 10.2. The van der Waals surface area contributed by atoms with Gasteiger partial charge >= 0.3 is 0 Å². The molecule has 142 valence electrons. The van der Waals surface area contributed by atoms with Crippen molar-refractivity contribution < 1.29 is 4.79 Å². The molecule has 0 aliphatic carbocycles. The number of carbonyl (C=O) groups excluding carboxylic acids is 1. The van der Waals surface area contributed by atoms with Gasteiger partial charge in [-0.1, -0.05) is 91.0 Å². The van der Waals surface area contributed by atoms with Crippen LogP contribution in [0.1, 0.15) is 42.9 Å². The molecule has 3 aromatic rings. The van der Waals surface area contributed by atoms with Gasteiger partial charge in [-0.25, -0.2) is 0 Å². The quantitative estimate of drug-likeness (QED) is 0.562. The van der Waals surface area contributed by atoms with Crippen LogP contribution in [0.3, 0.4) is 0 Å². The van der Waals surface area contributed by atoms with Crippen LogP contribution in [0, 0.1) is 0 Å². The number of nitrogens with zero attached hydrogens (tertiary/aromatic N) is 1. The van der Waals surface area contributed by atoms with E-state index in [0.717, 1.165) is 36.1 Å². The first-order valence-electron chi connectivity index (χ1n) is 10.2. The monoisotopic (exact) mass is 369 g/mol. The summed E-state index contributed by atoms with van der Waals surface area (Å²) in [5, 5.41) is 0. The Hall–Kier alpha value is -2.87. The summed E-state index contributed by atoms with van der Waals surface area (Å²) in [7, 11) is 0. The minimum atomic E-state index is -0.838. The zero-order chi connectivity index (χ0) is 19.4. The van der Waals surface area contributed by atoms with E-state index in [1.807, 2.05) is 54.6 Å². The molecule has 1 aliphatic rings. The SMILES string of the molecule is C[C@H]1CCCCN1C(=O)C(c1ccccc1)(c1ccccc1)c1ccccc1. The van der Waals surface area contributed by atoms with Crippen LogP contribution in [0.5, 0.6) is 0 Å². The van der Waals surface area contributed by atoms with E-state index in [9.17, 15) is 4.79 Å². The van der Waals surface area contributed by atoms with E-state index in [1.165, 1.54) is 6.42 Å². The van der Waals surface area contributed by atoms with Crippen LogP contribution in [0.2, 0.25) is 0 Å². The van der Waals surface area contributed by atoms with Crippen molar-refractivity contribution in [3.63, 3.8) is 0 Å². The second kappa shape index (κ2) is 8.02. The van der Waals surface area contributed by atoms with E-state index in [0.29, 0.717) is 0 Å². The second-order valence-electron chi connectivity index (χ2n) is 7.69. The van der Waals surface area contributed by atoms with Crippen molar-refractivity contribution in [3.05, 3.63) is 108 Å². The highest BCUT2D eigenvalue weighted by Gasteiger charge is 2.47. The lowest BCUT2D eigenvalue weighted by molar-refractivity contribution is -0.137. The lowest BCUT2D eigenvalue weighted by Crippen LogP contribution is -2.53. The molecule has 1 amide bonds. The average Bonchev–Trinajstić information content (AvgIpc) is 2.77. The third kappa shape index (κ3) is 3.13. The maximum Gasteiger partial charge on any atom is 0.242 e. The van der Waals surface area contributed by atoms with Gasteiger partial charge in [-0.15, -0.1) is 0 Å². The Morgan fingerprint density at radius 2 is 1.18 bits per heavy atom. The van der Waals surface area contributed by atoms with E-state index in [-0.39, 0.29) is 11.9 Å². The summed E-state index contributed by atoms with van der Waals surface area (Å²) in [6.07, 6.45) is 3.34. The number of hydrogen-bond acceptors (Lipinski definition) is 1. The van der Waals surface area contributed by atoms with Gasteiger partial charge in [0.25, 0.3) is 0 Å². The molecule has 0 unspecified atom stereocenters. The highest BCUT2D eigenvalue weighted by atomic mass is 16.2. The molecule has 1 aliphatic heterocycles. The van der Waals surface area contributed by atoms with Crippen molar-refractivity contribution in [2.75, 3.05) is 6.54 Å². The topological polar surface area (TPSA) is 20.3 Å². The summed E-state index contributed by atoms with van der Waals surface area (Å²) in [5.41, 5.74) is 2.23. The van der Waals surface area contributed by atoms with Gasteiger partial charge in [0.15, 0.2) is 0 Å². The average molecular weight is 370 g/mol. The Balaban J connectivity index is 2.00. The minimum Gasteiger partial charge on any atom is -0.339 e. The molecule has 1 heterocycles.